The van der Waals surface area contributed by atoms with Gasteiger partial charge in [0.25, 0.3) is 0 Å². The first-order valence-corrected chi connectivity index (χ1v) is 17.6. The minimum atomic E-state index is -0.964. The maximum absolute atomic E-state index is 13.8. The molecule has 15 nitrogen and oxygen atoms in total. The van der Waals surface area contributed by atoms with Crippen LogP contribution in [0.3, 0.4) is 0 Å². The molecular weight excluding hydrogens is 672 g/mol. The molecule has 4 rings (SSSR count). The number of nitrogens with one attached hydrogen (secondary N) is 4. The van der Waals surface area contributed by atoms with E-state index in [-0.39, 0.29) is 42.5 Å². The largest absolute Gasteiger partial charge is 0.463 e. The second-order valence-corrected chi connectivity index (χ2v) is 12.8. The third kappa shape index (κ3) is 11.5. The van der Waals surface area contributed by atoms with Crippen molar-refractivity contribution >= 4 is 58.2 Å². The van der Waals surface area contributed by atoms with Crippen LogP contribution in [0.1, 0.15) is 75.5 Å². The number of ether oxygens (including phenoxy) is 3. The molecule has 1 saturated carbocycles. The summed E-state index contributed by atoms with van der Waals surface area (Å²) in [6, 6.07) is 11.1. The summed E-state index contributed by atoms with van der Waals surface area (Å²) in [6.45, 7) is 5.59. The molecule has 3 aromatic rings. The van der Waals surface area contributed by atoms with Crippen LogP contribution in [-0.4, -0.2) is 85.2 Å². The highest BCUT2D eigenvalue weighted by atomic mass is 16.6. The van der Waals surface area contributed by atoms with Gasteiger partial charge in [-0.2, -0.15) is 0 Å². The van der Waals surface area contributed by atoms with Crippen molar-refractivity contribution in [2.75, 3.05) is 43.6 Å². The smallest absolute Gasteiger partial charge is 0.407 e. The number of aromatic nitrogens is 2. The van der Waals surface area contributed by atoms with Gasteiger partial charge in [-0.3, -0.25) is 14.4 Å². The topological polar surface area (TPSA) is 198 Å². The van der Waals surface area contributed by atoms with Crippen molar-refractivity contribution < 1.29 is 43.0 Å². The molecule has 0 saturated heterocycles. The summed E-state index contributed by atoms with van der Waals surface area (Å²) >= 11 is 0. The number of esters is 2. The summed E-state index contributed by atoms with van der Waals surface area (Å²) in [5.41, 5.74) is 2.64. The van der Waals surface area contributed by atoms with Gasteiger partial charge in [-0.1, -0.05) is 25.5 Å². The molecule has 1 heterocycles. The Labute approximate surface area is 302 Å². The maximum atomic E-state index is 13.8. The molecule has 0 spiro atoms. The lowest BCUT2D eigenvalue weighted by Crippen LogP contribution is -2.48. The predicted octanol–water partition coefficient (Wildman–Crippen LogP) is 4.26. The summed E-state index contributed by atoms with van der Waals surface area (Å²) in [5.74, 6) is -2.59. The van der Waals surface area contributed by atoms with E-state index in [1.54, 1.807) is 50.4 Å². The van der Waals surface area contributed by atoms with Gasteiger partial charge in [0.05, 0.1) is 24.2 Å². The van der Waals surface area contributed by atoms with Crippen molar-refractivity contribution in [1.29, 1.82) is 0 Å². The minimum absolute atomic E-state index is 0.124. The van der Waals surface area contributed by atoms with Gasteiger partial charge in [0.15, 0.2) is 6.61 Å². The maximum Gasteiger partial charge on any atom is 0.407 e. The molecule has 15 heteroatoms. The zero-order valence-corrected chi connectivity index (χ0v) is 30.1. The quantitative estimate of drug-likeness (QED) is 0.0942. The number of carbonyl (C=O) groups excluding carboxylic acids is 6. The van der Waals surface area contributed by atoms with Crippen molar-refractivity contribution in [2.24, 2.45) is 11.8 Å². The first-order chi connectivity index (χ1) is 25.0. The predicted molar refractivity (Wildman–Crippen MR) is 193 cm³/mol. The molecule has 2 aromatic carbocycles. The van der Waals surface area contributed by atoms with Crippen LogP contribution < -0.4 is 20.9 Å². The Balaban J connectivity index is 1.43. The van der Waals surface area contributed by atoms with Gasteiger partial charge in [0.1, 0.15) is 6.04 Å². The first kappa shape index (κ1) is 39.3. The van der Waals surface area contributed by atoms with Crippen LogP contribution in [0.5, 0.6) is 0 Å². The molecule has 280 valence electrons. The van der Waals surface area contributed by atoms with E-state index in [0.29, 0.717) is 48.4 Å². The Morgan fingerprint density at radius 1 is 0.981 bits per heavy atom. The van der Waals surface area contributed by atoms with Gasteiger partial charge in [-0.25, -0.2) is 19.4 Å². The van der Waals surface area contributed by atoms with Crippen molar-refractivity contribution in [2.45, 2.75) is 71.8 Å². The van der Waals surface area contributed by atoms with Crippen molar-refractivity contribution in [3.8, 4) is 0 Å². The molecule has 1 atom stereocenters. The number of nitrogens with zero attached hydrogens (tertiary/aromatic N) is 2. The number of alkyl carbamates (subject to hydrolysis) is 1. The van der Waals surface area contributed by atoms with Gasteiger partial charge in [-0.15, -0.1) is 0 Å². The van der Waals surface area contributed by atoms with Crippen LogP contribution >= 0.6 is 0 Å². The van der Waals surface area contributed by atoms with E-state index in [0.717, 1.165) is 31.2 Å². The van der Waals surface area contributed by atoms with Crippen molar-refractivity contribution in [3.05, 3.63) is 53.9 Å². The monoisotopic (exact) mass is 720 g/mol. The Morgan fingerprint density at radius 2 is 1.75 bits per heavy atom. The fraction of sp³-hybridized carbons (Fsp3) is 0.486. The molecule has 0 unspecified atom stereocenters. The van der Waals surface area contributed by atoms with Gasteiger partial charge >= 0.3 is 18.0 Å². The van der Waals surface area contributed by atoms with Gasteiger partial charge < -0.3 is 40.0 Å². The van der Waals surface area contributed by atoms with Crippen molar-refractivity contribution in [3.63, 3.8) is 0 Å². The lowest BCUT2D eigenvalue weighted by atomic mass is 9.81. The van der Waals surface area contributed by atoms with E-state index < -0.39 is 36.6 Å². The Bertz CT molecular complexity index is 1730. The molecule has 52 heavy (non-hydrogen) atoms. The van der Waals surface area contributed by atoms with Crippen LogP contribution in [0.2, 0.25) is 0 Å². The number of hydrogen-bond acceptors (Lipinski definition) is 10. The fourth-order valence-corrected chi connectivity index (χ4v) is 5.83. The number of carbonyl (C=O) groups is 6. The minimum Gasteiger partial charge on any atom is -0.463 e. The van der Waals surface area contributed by atoms with E-state index in [1.165, 1.54) is 11.8 Å². The second kappa shape index (κ2) is 19.2. The average Bonchev–Trinajstić information content (AvgIpc) is 3.56. The number of rotatable bonds is 16. The summed E-state index contributed by atoms with van der Waals surface area (Å²) in [5, 5.41) is 8.66. The molecule has 1 fully saturated rings. The zero-order valence-electron chi connectivity index (χ0n) is 30.1. The molecular formula is C37H48N6O9. The summed E-state index contributed by atoms with van der Waals surface area (Å²) in [7, 11) is 1.66. The number of benzene rings is 2. The molecule has 1 aliphatic carbocycles. The summed E-state index contributed by atoms with van der Waals surface area (Å²) in [6.07, 6.45) is 4.18. The number of unbranched alkanes of at least 4 members (excludes halogenated alkanes) is 1. The Morgan fingerprint density at radius 3 is 2.46 bits per heavy atom. The highest BCUT2D eigenvalue weighted by molar-refractivity contribution is 5.99. The molecule has 1 aliphatic rings. The summed E-state index contributed by atoms with van der Waals surface area (Å²) < 4.78 is 14.9. The Hall–Kier alpha value is -5.47. The third-order valence-electron chi connectivity index (χ3n) is 8.90. The molecule has 0 radical (unpaired) electrons. The zero-order chi connectivity index (χ0) is 37.6. The van der Waals surface area contributed by atoms with E-state index in [4.69, 9.17) is 14.2 Å². The lowest BCUT2D eigenvalue weighted by molar-refractivity contribution is -0.146. The van der Waals surface area contributed by atoms with Gasteiger partial charge in [0, 0.05) is 44.2 Å². The second-order valence-electron chi connectivity index (χ2n) is 12.8. The molecule has 0 bridgehead atoms. The standard InChI is InChI=1S/C37H48N6O9/c1-5-7-17-51-37(49)38-21-24-11-13-26(14-12-24)34(46)42-31(19-25-9-8-10-28(18-25)43(4)23(3)44)35(47)39-27-15-16-29-30(20-27)41-33(40-29)36(48)52-22-32(45)50-6-2/h8-10,15-16,18,20,24,26,31H,5-7,11-14,17,19,21-22H2,1-4H3,(H,38,49)(H,39,47)(H,40,41)(H,42,46)/t24?,26?,31-/m0/s1. The average molecular weight is 721 g/mol. The number of aromatic amines is 1. The number of amides is 4. The van der Waals surface area contributed by atoms with E-state index in [9.17, 15) is 28.8 Å². The van der Waals surface area contributed by atoms with Crippen LogP contribution in [0.25, 0.3) is 11.0 Å². The number of anilines is 2. The molecule has 0 aliphatic heterocycles. The highest BCUT2D eigenvalue weighted by Crippen LogP contribution is 2.29. The van der Waals surface area contributed by atoms with Gasteiger partial charge in [0.2, 0.25) is 23.5 Å². The third-order valence-corrected chi connectivity index (χ3v) is 8.90. The Kier molecular flexibility index (Phi) is 14.5. The highest BCUT2D eigenvalue weighted by Gasteiger charge is 2.30. The van der Waals surface area contributed by atoms with Crippen LogP contribution in [0.15, 0.2) is 42.5 Å². The fourth-order valence-electron chi connectivity index (χ4n) is 5.83. The molecule has 4 N–H and O–H groups in total. The number of H-pyrrole nitrogens is 1. The first-order valence-electron chi connectivity index (χ1n) is 17.6. The number of hydrogen-bond donors (Lipinski definition) is 4. The number of imidazole rings is 1. The molecule has 1 aromatic heterocycles. The van der Waals surface area contributed by atoms with E-state index in [2.05, 4.69) is 25.9 Å². The van der Waals surface area contributed by atoms with E-state index in [1.807, 2.05) is 13.0 Å². The SMILES string of the molecule is CCCCOC(=O)NCC1CCC(C(=O)N[C@@H](Cc2cccc(N(C)C(C)=O)c2)C(=O)Nc2ccc3nc(C(=O)OCC(=O)OCC)[nH]c3c2)CC1. The number of fused-ring (bicyclic) bond motifs is 1. The van der Waals surface area contributed by atoms with Gasteiger partial charge in [-0.05, 0) is 80.8 Å². The summed E-state index contributed by atoms with van der Waals surface area (Å²) in [4.78, 5) is 83.9. The van der Waals surface area contributed by atoms with Crippen LogP contribution in [0.4, 0.5) is 16.2 Å². The van der Waals surface area contributed by atoms with Crippen molar-refractivity contribution in [1.82, 2.24) is 20.6 Å². The lowest BCUT2D eigenvalue weighted by Gasteiger charge is -2.29. The van der Waals surface area contributed by atoms with Crippen LogP contribution in [-0.2, 0) is 39.8 Å². The van der Waals surface area contributed by atoms with E-state index >= 15 is 0 Å². The molecule has 4 amide bonds. The normalized spacial score (nSPS) is 15.9. The van der Waals surface area contributed by atoms with Crippen LogP contribution in [0, 0.1) is 11.8 Å².